The van der Waals surface area contributed by atoms with E-state index in [-0.39, 0.29) is 5.78 Å². The minimum Gasteiger partial charge on any atom is -0.326 e. The van der Waals surface area contributed by atoms with Gasteiger partial charge in [0.1, 0.15) is 0 Å². The van der Waals surface area contributed by atoms with E-state index in [9.17, 15) is 4.79 Å². The Balaban J connectivity index is 2.97. The molecule has 0 bridgehead atoms. The summed E-state index contributed by atoms with van der Waals surface area (Å²) in [4.78, 5) is 11.4. The Morgan fingerprint density at radius 2 is 2.25 bits per heavy atom. The maximum atomic E-state index is 11.4. The van der Waals surface area contributed by atoms with Crippen LogP contribution in [0.2, 0.25) is 0 Å². The van der Waals surface area contributed by atoms with Crippen molar-refractivity contribution >= 4 is 5.78 Å². The van der Waals surface area contributed by atoms with Crippen LogP contribution in [-0.4, -0.2) is 12.3 Å². The van der Waals surface area contributed by atoms with Crippen LogP contribution in [-0.2, 0) is 4.79 Å². The topological polar surface area (TPSA) is 43.1 Å². The third-order valence-electron chi connectivity index (χ3n) is 2.28. The number of allylic oxidation sites excluding steroid dienone is 3. The molecule has 0 aromatic carbocycles. The van der Waals surface area contributed by atoms with Gasteiger partial charge in [-0.2, -0.15) is 0 Å². The Kier molecular flexibility index (Phi) is 2.82. The van der Waals surface area contributed by atoms with Gasteiger partial charge in [0.15, 0.2) is 5.78 Å². The summed E-state index contributed by atoms with van der Waals surface area (Å²) in [6.45, 7) is 4.40. The molecule has 0 aromatic heterocycles. The van der Waals surface area contributed by atoms with Gasteiger partial charge in [0.05, 0.1) is 0 Å². The first-order valence-corrected chi connectivity index (χ1v) is 4.31. The van der Waals surface area contributed by atoms with E-state index in [1.54, 1.807) is 0 Å². The van der Waals surface area contributed by atoms with E-state index in [0.29, 0.717) is 13.0 Å². The molecule has 0 amide bonds. The van der Waals surface area contributed by atoms with Crippen LogP contribution in [0.3, 0.4) is 0 Å². The molecule has 66 valence electrons. The maximum Gasteiger partial charge on any atom is 0.164 e. The summed E-state index contributed by atoms with van der Waals surface area (Å²) in [5.74, 6) is 0.203. The van der Waals surface area contributed by atoms with Gasteiger partial charge in [-0.15, -0.1) is 0 Å². The highest BCUT2D eigenvalue weighted by atomic mass is 16.1. The third kappa shape index (κ3) is 1.64. The van der Waals surface area contributed by atoms with Crippen LogP contribution < -0.4 is 5.73 Å². The Hall–Kier alpha value is -0.890. The maximum absolute atomic E-state index is 11.4. The Labute approximate surface area is 73.1 Å². The first kappa shape index (κ1) is 9.20. The van der Waals surface area contributed by atoms with Gasteiger partial charge in [0.25, 0.3) is 0 Å². The molecule has 0 radical (unpaired) electrons. The lowest BCUT2D eigenvalue weighted by atomic mass is 9.91. The predicted octanol–water partition coefficient (Wildman–Crippen LogP) is 1.57. The molecule has 1 rings (SSSR count). The van der Waals surface area contributed by atoms with E-state index in [2.05, 4.69) is 13.0 Å². The lowest BCUT2D eigenvalue weighted by Crippen LogP contribution is -2.17. The average Bonchev–Trinajstić information content (AvgIpc) is 2.03. The smallest absolute Gasteiger partial charge is 0.164 e. The molecule has 0 aliphatic heterocycles. The van der Waals surface area contributed by atoms with Crippen LogP contribution in [0.1, 0.15) is 26.7 Å². The van der Waals surface area contributed by atoms with Crippen molar-refractivity contribution in [1.82, 2.24) is 0 Å². The molecule has 0 saturated heterocycles. The SMILES string of the molecule is CCC1=CC(C)=C(CN)C(=O)C1. The number of nitrogens with two attached hydrogens (primary N) is 1. The molecule has 1 aliphatic rings. The molecule has 2 heteroatoms. The first-order valence-electron chi connectivity index (χ1n) is 4.31. The normalized spacial score (nSPS) is 18.2. The van der Waals surface area contributed by atoms with Gasteiger partial charge >= 0.3 is 0 Å². The zero-order valence-corrected chi connectivity index (χ0v) is 7.68. The lowest BCUT2D eigenvalue weighted by molar-refractivity contribution is -0.115. The quantitative estimate of drug-likeness (QED) is 0.675. The van der Waals surface area contributed by atoms with Gasteiger partial charge in [0, 0.05) is 18.5 Å². The van der Waals surface area contributed by atoms with Gasteiger partial charge in [-0.3, -0.25) is 4.79 Å². The fraction of sp³-hybridized carbons (Fsp3) is 0.500. The van der Waals surface area contributed by atoms with E-state index in [1.165, 1.54) is 5.57 Å². The van der Waals surface area contributed by atoms with Gasteiger partial charge in [0.2, 0.25) is 0 Å². The number of carbonyl (C=O) groups excluding carboxylic acids is 1. The molecule has 0 aromatic rings. The molecule has 2 nitrogen and oxygen atoms in total. The Bertz CT molecular complexity index is 261. The second-order valence-electron chi connectivity index (χ2n) is 3.12. The Morgan fingerprint density at radius 1 is 1.58 bits per heavy atom. The van der Waals surface area contributed by atoms with Crippen LogP contribution in [0.4, 0.5) is 0 Å². The van der Waals surface area contributed by atoms with E-state index < -0.39 is 0 Å². The standard InChI is InChI=1S/C10H15NO/c1-3-8-4-7(2)9(6-11)10(12)5-8/h4H,3,5-6,11H2,1-2H3. The van der Waals surface area contributed by atoms with Crippen molar-refractivity contribution in [3.63, 3.8) is 0 Å². The number of rotatable bonds is 2. The van der Waals surface area contributed by atoms with Crippen LogP contribution in [0.25, 0.3) is 0 Å². The number of Topliss-reactive ketones (excluding diaryl/α,β-unsaturated/α-hetero) is 1. The molecule has 0 saturated carbocycles. The number of hydrogen-bond acceptors (Lipinski definition) is 2. The van der Waals surface area contributed by atoms with Crippen molar-refractivity contribution < 1.29 is 4.79 Å². The summed E-state index contributed by atoms with van der Waals surface area (Å²) >= 11 is 0. The van der Waals surface area contributed by atoms with Crippen LogP contribution >= 0.6 is 0 Å². The molecule has 0 atom stereocenters. The van der Waals surface area contributed by atoms with Crippen molar-refractivity contribution in [2.24, 2.45) is 5.73 Å². The molecule has 0 spiro atoms. The molecular formula is C10H15NO. The van der Waals surface area contributed by atoms with Crippen LogP contribution in [0.5, 0.6) is 0 Å². The summed E-state index contributed by atoms with van der Waals surface area (Å²) < 4.78 is 0. The average molecular weight is 165 g/mol. The molecule has 1 aliphatic carbocycles. The number of ketones is 1. The van der Waals surface area contributed by atoms with Gasteiger partial charge in [-0.25, -0.2) is 0 Å². The zero-order valence-electron chi connectivity index (χ0n) is 7.68. The van der Waals surface area contributed by atoms with Crippen molar-refractivity contribution in [3.05, 3.63) is 22.8 Å². The Morgan fingerprint density at radius 3 is 2.67 bits per heavy atom. The summed E-state index contributed by atoms with van der Waals surface area (Å²) in [5, 5.41) is 0. The third-order valence-corrected chi connectivity index (χ3v) is 2.28. The summed E-state index contributed by atoms with van der Waals surface area (Å²) in [5.41, 5.74) is 8.53. The second-order valence-corrected chi connectivity index (χ2v) is 3.12. The molecule has 0 unspecified atom stereocenters. The molecule has 0 fully saturated rings. The highest BCUT2D eigenvalue weighted by Crippen LogP contribution is 2.21. The predicted molar refractivity (Wildman–Crippen MR) is 49.8 cm³/mol. The van der Waals surface area contributed by atoms with Crippen LogP contribution in [0.15, 0.2) is 22.8 Å². The number of carbonyl (C=O) groups is 1. The summed E-state index contributed by atoms with van der Waals surface area (Å²) in [7, 11) is 0. The number of hydrogen-bond donors (Lipinski definition) is 1. The van der Waals surface area contributed by atoms with Crippen molar-refractivity contribution in [2.75, 3.05) is 6.54 Å². The van der Waals surface area contributed by atoms with Crippen LogP contribution in [0, 0.1) is 0 Å². The molecule has 12 heavy (non-hydrogen) atoms. The van der Waals surface area contributed by atoms with Gasteiger partial charge in [-0.05, 0) is 18.9 Å². The first-order chi connectivity index (χ1) is 5.69. The minimum atomic E-state index is 0.203. The molecule has 2 N–H and O–H groups in total. The van der Waals surface area contributed by atoms with Gasteiger partial charge in [-0.1, -0.05) is 18.6 Å². The molecule has 0 heterocycles. The fourth-order valence-electron chi connectivity index (χ4n) is 1.48. The van der Waals surface area contributed by atoms with E-state index in [0.717, 1.165) is 17.6 Å². The summed E-state index contributed by atoms with van der Waals surface area (Å²) in [6, 6.07) is 0. The molecular weight excluding hydrogens is 150 g/mol. The fourth-order valence-corrected chi connectivity index (χ4v) is 1.48. The van der Waals surface area contributed by atoms with Crippen molar-refractivity contribution in [3.8, 4) is 0 Å². The second kappa shape index (κ2) is 3.68. The largest absolute Gasteiger partial charge is 0.326 e. The highest BCUT2D eigenvalue weighted by molar-refractivity contribution is 5.99. The van der Waals surface area contributed by atoms with Crippen molar-refractivity contribution in [1.29, 1.82) is 0 Å². The van der Waals surface area contributed by atoms with E-state index >= 15 is 0 Å². The minimum absolute atomic E-state index is 0.203. The summed E-state index contributed by atoms with van der Waals surface area (Å²) in [6.07, 6.45) is 3.62. The van der Waals surface area contributed by atoms with Gasteiger partial charge < -0.3 is 5.73 Å². The zero-order chi connectivity index (χ0) is 9.14. The monoisotopic (exact) mass is 165 g/mol. The highest BCUT2D eigenvalue weighted by Gasteiger charge is 2.16. The van der Waals surface area contributed by atoms with E-state index in [4.69, 9.17) is 5.73 Å². The van der Waals surface area contributed by atoms with Crippen molar-refractivity contribution in [2.45, 2.75) is 26.7 Å². The van der Waals surface area contributed by atoms with E-state index in [1.807, 2.05) is 6.92 Å². The lowest BCUT2D eigenvalue weighted by Gasteiger charge is -2.14.